The maximum atomic E-state index is 13.6. The Morgan fingerprint density at radius 1 is 0.745 bits per heavy atom. The summed E-state index contributed by atoms with van der Waals surface area (Å²) in [5.74, 6) is -2.27. The second-order valence-corrected chi connectivity index (χ2v) is 11.7. The van der Waals surface area contributed by atoms with Gasteiger partial charge in [0.25, 0.3) is 0 Å². The van der Waals surface area contributed by atoms with Crippen molar-refractivity contribution in [1.29, 1.82) is 0 Å². The van der Waals surface area contributed by atoms with E-state index in [9.17, 15) is 33.8 Å². The number of carboxylic acids is 2. The van der Waals surface area contributed by atoms with Crippen LogP contribution < -0.4 is 31.4 Å². The summed E-state index contributed by atoms with van der Waals surface area (Å²) in [5.41, 5.74) is 6.41. The van der Waals surface area contributed by atoms with Crippen LogP contribution in [0, 0.1) is 5.82 Å². The minimum atomic E-state index is -1.14. The Morgan fingerprint density at radius 3 is 1.57 bits per heavy atom. The highest BCUT2D eigenvalue weighted by Gasteiger charge is 2.20. The number of nitrogens with zero attached hydrogens (tertiary/aromatic N) is 2. The van der Waals surface area contributed by atoms with E-state index in [1.165, 1.54) is 37.0 Å². The summed E-state index contributed by atoms with van der Waals surface area (Å²) in [4.78, 5) is 48.2. The number of aliphatic carboxylic acids is 2. The van der Waals surface area contributed by atoms with Gasteiger partial charge in [-0.2, -0.15) is 0 Å². The van der Waals surface area contributed by atoms with Crippen molar-refractivity contribution in [2.45, 2.75) is 26.9 Å². The molecule has 0 unspecified atom stereocenters. The van der Waals surface area contributed by atoms with Crippen LogP contribution in [0.5, 0.6) is 11.5 Å². The zero-order valence-corrected chi connectivity index (χ0v) is 29.6. The standard InChI is InChI=1S/C18H17ClN2O4.C16H11ClFNO4.C2H7N/c1-3-20-10-4-5-11-14(8-10)21(9-15(22)23)16-12(17(11)24)6-7-13(19)18(16)25-2;1-23-16-11(17)5-4-10-14(16)19(7-13(20)21)12-6-8(18)2-3-9(12)15(10)22;1-2-3/h4-8,20H,3,9H2,1-2H3,(H,22,23);2-6H,7H2,1H3,(H,20,21);2-3H2,1H3. The van der Waals surface area contributed by atoms with Gasteiger partial charge >= 0.3 is 11.9 Å². The molecule has 0 saturated carbocycles. The molecular formula is C36H35Cl2FN4O8. The van der Waals surface area contributed by atoms with Crippen LogP contribution in [0.1, 0.15) is 13.8 Å². The van der Waals surface area contributed by atoms with Gasteiger partial charge in [-0.1, -0.05) is 30.1 Å². The Hall–Kier alpha value is -5.37. The summed E-state index contributed by atoms with van der Waals surface area (Å²) in [6.07, 6.45) is 0. The number of ether oxygens (including phenoxy) is 2. The van der Waals surface area contributed by atoms with E-state index >= 15 is 0 Å². The minimum Gasteiger partial charge on any atom is -0.493 e. The molecule has 6 rings (SSSR count). The molecule has 0 bridgehead atoms. The predicted octanol–water partition coefficient (Wildman–Crippen LogP) is 6.34. The molecule has 268 valence electrons. The lowest BCUT2D eigenvalue weighted by Crippen LogP contribution is -2.17. The average molecular weight is 742 g/mol. The molecule has 15 heteroatoms. The topological polar surface area (TPSA) is 175 Å². The van der Waals surface area contributed by atoms with Crippen molar-refractivity contribution < 1.29 is 33.7 Å². The summed E-state index contributed by atoms with van der Waals surface area (Å²) in [6.45, 7) is 4.53. The van der Waals surface area contributed by atoms with Crippen molar-refractivity contribution in [2.75, 3.05) is 32.6 Å². The smallest absolute Gasteiger partial charge is 0.323 e. The number of fused-ring (bicyclic) bond motifs is 4. The molecule has 2 aromatic heterocycles. The molecule has 0 fully saturated rings. The number of anilines is 1. The van der Waals surface area contributed by atoms with Gasteiger partial charge in [0.05, 0.1) is 57.1 Å². The fourth-order valence-corrected chi connectivity index (χ4v) is 6.15. The number of rotatable bonds is 8. The van der Waals surface area contributed by atoms with E-state index < -0.39 is 24.3 Å². The van der Waals surface area contributed by atoms with Gasteiger partial charge in [-0.3, -0.25) is 19.2 Å². The van der Waals surface area contributed by atoms with E-state index in [4.69, 9.17) is 38.4 Å². The molecule has 0 amide bonds. The van der Waals surface area contributed by atoms with Crippen LogP contribution in [0.25, 0.3) is 43.6 Å². The quantitative estimate of drug-likeness (QED) is 0.129. The van der Waals surface area contributed by atoms with E-state index in [0.717, 1.165) is 24.4 Å². The van der Waals surface area contributed by atoms with Crippen molar-refractivity contribution in [2.24, 2.45) is 5.73 Å². The van der Waals surface area contributed by atoms with Gasteiger partial charge in [0, 0.05) is 23.0 Å². The Bertz CT molecular complexity index is 2410. The number of benzene rings is 4. The van der Waals surface area contributed by atoms with E-state index in [1.807, 2.05) is 13.8 Å². The number of nitrogens with two attached hydrogens (primary N) is 1. The number of carbonyl (C=O) groups is 2. The van der Waals surface area contributed by atoms with Crippen molar-refractivity contribution in [3.8, 4) is 11.5 Å². The average Bonchev–Trinajstić information content (AvgIpc) is 3.08. The van der Waals surface area contributed by atoms with Crippen molar-refractivity contribution in [3.05, 3.63) is 97.0 Å². The number of methoxy groups -OCH3 is 2. The summed E-state index contributed by atoms with van der Waals surface area (Å²) < 4.78 is 27.1. The molecule has 0 radical (unpaired) electrons. The molecule has 0 saturated heterocycles. The SMILES string of the molecule is CCN.CCNc1ccc2c(=O)c3ccc(Cl)c(OC)c3n(CC(=O)O)c2c1.COc1c(Cl)ccc2c(=O)c3ccc(F)cc3n(CC(=O)O)c12. The minimum absolute atomic E-state index is 0.172. The van der Waals surface area contributed by atoms with E-state index in [-0.39, 0.29) is 55.7 Å². The van der Waals surface area contributed by atoms with E-state index in [1.54, 1.807) is 34.9 Å². The summed E-state index contributed by atoms with van der Waals surface area (Å²) in [7, 11) is 2.81. The van der Waals surface area contributed by atoms with Crippen molar-refractivity contribution >= 4 is 84.4 Å². The number of pyridine rings is 2. The van der Waals surface area contributed by atoms with Crippen LogP contribution >= 0.6 is 23.2 Å². The number of aromatic nitrogens is 2. The second-order valence-electron chi connectivity index (χ2n) is 10.9. The lowest BCUT2D eigenvalue weighted by molar-refractivity contribution is -0.138. The third-order valence-corrected chi connectivity index (χ3v) is 8.20. The van der Waals surface area contributed by atoms with Gasteiger partial charge in [0.1, 0.15) is 18.9 Å². The molecule has 0 aliphatic rings. The van der Waals surface area contributed by atoms with Crippen LogP contribution in [-0.4, -0.2) is 58.6 Å². The summed E-state index contributed by atoms with van der Waals surface area (Å²) in [5, 5.41) is 23.6. The molecule has 51 heavy (non-hydrogen) atoms. The monoisotopic (exact) mass is 740 g/mol. The van der Waals surface area contributed by atoms with Crippen molar-refractivity contribution in [1.82, 2.24) is 9.13 Å². The molecule has 5 N–H and O–H groups in total. The number of hydrogen-bond acceptors (Lipinski definition) is 8. The van der Waals surface area contributed by atoms with Gasteiger partial charge in [0.15, 0.2) is 22.4 Å². The second kappa shape index (κ2) is 16.6. The molecule has 0 spiro atoms. The van der Waals surface area contributed by atoms with Crippen LogP contribution in [0.4, 0.5) is 10.1 Å². The molecule has 2 heterocycles. The molecule has 4 aromatic carbocycles. The zero-order chi connectivity index (χ0) is 37.6. The first kappa shape index (κ1) is 38.4. The predicted molar refractivity (Wildman–Crippen MR) is 199 cm³/mol. The third-order valence-electron chi connectivity index (χ3n) is 7.60. The lowest BCUT2D eigenvalue weighted by atomic mass is 10.1. The number of nitrogens with one attached hydrogen (secondary N) is 1. The van der Waals surface area contributed by atoms with Gasteiger partial charge in [-0.25, -0.2) is 4.39 Å². The van der Waals surface area contributed by atoms with E-state index in [0.29, 0.717) is 33.4 Å². The number of halogens is 3. The van der Waals surface area contributed by atoms with Gasteiger partial charge in [-0.15, -0.1) is 0 Å². The first-order valence-electron chi connectivity index (χ1n) is 15.5. The molecule has 0 atom stereocenters. The molecule has 12 nitrogen and oxygen atoms in total. The fraction of sp³-hybridized carbons (Fsp3) is 0.222. The maximum Gasteiger partial charge on any atom is 0.323 e. The van der Waals surface area contributed by atoms with Crippen molar-refractivity contribution in [3.63, 3.8) is 0 Å². The fourth-order valence-electron chi connectivity index (χ4n) is 5.70. The number of carboxylic acid groups (broad SMARTS) is 2. The highest BCUT2D eigenvalue weighted by Crippen LogP contribution is 2.35. The highest BCUT2D eigenvalue weighted by molar-refractivity contribution is 6.33. The zero-order valence-electron chi connectivity index (χ0n) is 28.1. The highest BCUT2D eigenvalue weighted by atomic mass is 35.5. The van der Waals surface area contributed by atoms with Crippen LogP contribution in [0.2, 0.25) is 10.0 Å². The first-order chi connectivity index (χ1) is 24.3. The molecular weight excluding hydrogens is 706 g/mol. The Kier molecular flexibility index (Phi) is 12.5. The number of hydrogen-bond donors (Lipinski definition) is 4. The maximum absolute atomic E-state index is 13.6. The summed E-state index contributed by atoms with van der Waals surface area (Å²) >= 11 is 12.3. The summed E-state index contributed by atoms with van der Waals surface area (Å²) in [6, 6.07) is 15.1. The van der Waals surface area contributed by atoms with Crippen LogP contribution in [0.15, 0.2) is 70.3 Å². The van der Waals surface area contributed by atoms with Gasteiger partial charge in [-0.05, 0) is 74.1 Å². The third kappa shape index (κ3) is 7.85. The first-order valence-corrected chi connectivity index (χ1v) is 16.3. The Morgan fingerprint density at radius 2 is 1.16 bits per heavy atom. The van der Waals surface area contributed by atoms with Gasteiger partial charge < -0.3 is 39.9 Å². The largest absolute Gasteiger partial charge is 0.493 e. The lowest BCUT2D eigenvalue weighted by Gasteiger charge is -2.17. The van der Waals surface area contributed by atoms with E-state index in [2.05, 4.69) is 5.32 Å². The Balaban J connectivity index is 0.000000213. The van der Waals surface area contributed by atoms with Crippen LogP contribution in [0.3, 0.4) is 0 Å². The normalized spacial score (nSPS) is 10.7. The molecule has 0 aliphatic heterocycles. The van der Waals surface area contributed by atoms with Crippen LogP contribution in [-0.2, 0) is 22.7 Å². The van der Waals surface area contributed by atoms with Gasteiger partial charge in [0.2, 0.25) is 0 Å². The molecule has 0 aliphatic carbocycles. The Labute approximate surface area is 300 Å². The molecule has 6 aromatic rings.